The fourth-order valence-electron chi connectivity index (χ4n) is 2.55. The lowest BCUT2D eigenvalue weighted by Gasteiger charge is -2.16. The number of halogens is 3. The third kappa shape index (κ3) is 7.06. The maximum Gasteiger partial charge on any atom is 0.416 e. The molecule has 32 heavy (non-hydrogen) atoms. The zero-order valence-corrected chi connectivity index (χ0v) is 18.9. The van der Waals surface area contributed by atoms with Crippen LogP contribution in [0.15, 0.2) is 52.9 Å². The number of alkyl halides is 3. The Kier molecular flexibility index (Phi) is 10.3. The van der Waals surface area contributed by atoms with E-state index in [-0.39, 0.29) is 24.8 Å². The van der Waals surface area contributed by atoms with E-state index in [0.29, 0.717) is 16.9 Å². The van der Waals surface area contributed by atoms with Gasteiger partial charge in [-0.1, -0.05) is 39.8 Å². The molecule has 9 heteroatoms. The van der Waals surface area contributed by atoms with Gasteiger partial charge in [0.15, 0.2) is 0 Å². The van der Waals surface area contributed by atoms with E-state index in [1.807, 2.05) is 27.7 Å². The summed E-state index contributed by atoms with van der Waals surface area (Å²) < 4.78 is 43.7. The van der Waals surface area contributed by atoms with Crippen LogP contribution in [0.1, 0.15) is 52.5 Å². The van der Waals surface area contributed by atoms with Gasteiger partial charge >= 0.3 is 6.18 Å². The first kappa shape index (κ1) is 27.1. The summed E-state index contributed by atoms with van der Waals surface area (Å²) in [6, 6.07) is 11.5. The van der Waals surface area contributed by atoms with Crippen LogP contribution in [-0.2, 0) is 11.8 Å². The van der Waals surface area contributed by atoms with Crippen molar-refractivity contribution in [3.05, 3.63) is 60.0 Å². The van der Waals surface area contributed by atoms with Crippen LogP contribution in [-0.4, -0.2) is 27.0 Å². The summed E-state index contributed by atoms with van der Waals surface area (Å²) in [4.78, 5) is 0. The smallest absolute Gasteiger partial charge is 0.416 e. The zero-order chi connectivity index (χ0) is 24.4. The molecule has 0 spiro atoms. The predicted octanol–water partition coefficient (Wildman–Crippen LogP) is 6.14. The summed E-state index contributed by atoms with van der Waals surface area (Å²) in [5.74, 6) is 0.0871. The third-order valence-electron chi connectivity index (χ3n) is 4.13. The first-order chi connectivity index (χ1) is 15.2. The lowest BCUT2D eigenvalue weighted by molar-refractivity contribution is -0.137. The predicted molar refractivity (Wildman–Crippen MR) is 118 cm³/mol. The maximum atomic E-state index is 12.7. The van der Waals surface area contributed by atoms with E-state index in [0.717, 1.165) is 12.1 Å². The summed E-state index contributed by atoms with van der Waals surface area (Å²) in [6.07, 6.45) is -4.37. The molecule has 0 bridgehead atoms. The topological polar surface area (TPSA) is 91.4 Å². The van der Waals surface area contributed by atoms with Gasteiger partial charge in [-0.15, -0.1) is 10.2 Å². The molecule has 0 saturated carbocycles. The van der Waals surface area contributed by atoms with Gasteiger partial charge < -0.3 is 19.9 Å². The number of aliphatic hydroxyl groups excluding tert-OH is 1. The quantitative estimate of drug-likeness (QED) is 0.415. The van der Waals surface area contributed by atoms with Crippen LogP contribution in [0, 0.1) is 0 Å². The van der Waals surface area contributed by atoms with Crippen LogP contribution >= 0.6 is 0 Å². The monoisotopic (exact) mass is 453 g/mol. The Labute approximate surface area is 186 Å². The maximum absolute atomic E-state index is 12.7. The number of nitrogens with zero attached hydrogens (tertiary/aromatic N) is 2. The first-order valence-corrected chi connectivity index (χ1v) is 10.4. The lowest BCUT2D eigenvalue weighted by atomic mass is 10.0. The number of anilines is 2. The molecule has 0 amide bonds. The van der Waals surface area contributed by atoms with Gasteiger partial charge in [-0.3, -0.25) is 0 Å². The molecule has 3 N–H and O–H groups in total. The minimum atomic E-state index is -4.40. The van der Waals surface area contributed by atoms with Gasteiger partial charge in [-0.25, -0.2) is 0 Å². The second-order valence-corrected chi connectivity index (χ2v) is 6.41. The molecule has 0 aliphatic heterocycles. The Hall–Kier alpha value is -2.91. The van der Waals surface area contributed by atoms with Gasteiger partial charge in [0.25, 0.3) is 0 Å². The molecule has 6 nitrogen and oxygen atoms in total. The molecule has 176 valence electrons. The third-order valence-corrected chi connectivity index (χ3v) is 4.13. The summed E-state index contributed by atoms with van der Waals surface area (Å²) >= 11 is 0. The average Bonchev–Trinajstić information content (AvgIpc) is 3.28. The summed E-state index contributed by atoms with van der Waals surface area (Å²) in [5, 5.41) is 30.1. The Balaban J connectivity index is 0.00000121. The van der Waals surface area contributed by atoms with E-state index >= 15 is 0 Å². The van der Waals surface area contributed by atoms with Crippen LogP contribution in [0.2, 0.25) is 0 Å². The zero-order valence-electron chi connectivity index (χ0n) is 18.9. The van der Waals surface area contributed by atoms with Crippen molar-refractivity contribution in [3.8, 4) is 11.5 Å². The van der Waals surface area contributed by atoms with Crippen LogP contribution < -0.4 is 5.32 Å². The van der Waals surface area contributed by atoms with Crippen molar-refractivity contribution < 1.29 is 27.8 Å². The molecule has 1 atom stereocenters. The Morgan fingerprint density at radius 3 is 2.09 bits per heavy atom. The summed E-state index contributed by atoms with van der Waals surface area (Å²) in [7, 11) is 0. The number of benzene rings is 2. The van der Waals surface area contributed by atoms with Crippen LogP contribution in [0.25, 0.3) is 11.5 Å². The lowest BCUT2D eigenvalue weighted by Crippen LogP contribution is -2.23. The molecule has 0 saturated heterocycles. The molecule has 1 aromatic heterocycles. The highest BCUT2D eigenvalue weighted by atomic mass is 19.4. The molecule has 1 heterocycles. The SMILES string of the molecule is CC.CC.CC(O)(CCO)c1nnc(-c2ccccc2Nc2ccc(C(F)(F)F)cc2)o1. The van der Waals surface area contributed by atoms with Gasteiger partial charge in [0.05, 0.1) is 16.8 Å². The van der Waals surface area contributed by atoms with Crippen molar-refractivity contribution in [1.29, 1.82) is 0 Å². The Morgan fingerprint density at radius 2 is 1.53 bits per heavy atom. The van der Waals surface area contributed by atoms with Crippen molar-refractivity contribution in [3.63, 3.8) is 0 Å². The molecular weight excluding hydrogens is 423 g/mol. The fourth-order valence-corrected chi connectivity index (χ4v) is 2.55. The largest absolute Gasteiger partial charge is 0.417 e. The molecule has 0 radical (unpaired) electrons. The first-order valence-electron chi connectivity index (χ1n) is 10.4. The standard InChI is InChI=1S/C19H18F3N3O3.2C2H6/c1-18(27,10-11-26)17-25-24-16(28-17)14-4-2-3-5-15(14)23-13-8-6-12(7-9-13)19(20,21)22;2*1-2/h2-9,23,26-27H,10-11H2,1H3;2*1-2H3. The van der Waals surface area contributed by atoms with E-state index in [1.165, 1.54) is 19.1 Å². The Bertz CT molecular complexity index is 939. The molecule has 3 rings (SSSR count). The van der Waals surface area contributed by atoms with Crippen molar-refractivity contribution in [2.75, 3.05) is 11.9 Å². The van der Waals surface area contributed by atoms with Crippen LogP contribution in [0.3, 0.4) is 0 Å². The molecule has 0 aliphatic rings. The average molecular weight is 454 g/mol. The number of aromatic nitrogens is 2. The minimum absolute atomic E-state index is 0.0279. The number of hydrogen-bond acceptors (Lipinski definition) is 6. The van der Waals surface area contributed by atoms with Gasteiger partial charge in [0.2, 0.25) is 11.8 Å². The van der Waals surface area contributed by atoms with Gasteiger partial charge in [0, 0.05) is 18.7 Å². The van der Waals surface area contributed by atoms with Crippen molar-refractivity contribution in [2.45, 2.75) is 52.8 Å². The molecule has 0 fully saturated rings. The fraction of sp³-hybridized carbons (Fsp3) is 0.391. The highest BCUT2D eigenvalue weighted by Gasteiger charge is 2.31. The molecular formula is C23H30F3N3O3. The number of aliphatic hydroxyl groups is 2. The number of hydrogen-bond donors (Lipinski definition) is 3. The van der Waals surface area contributed by atoms with E-state index in [1.54, 1.807) is 24.3 Å². The number of para-hydroxylation sites is 1. The highest BCUT2D eigenvalue weighted by Crippen LogP contribution is 2.33. The molecule has 2 aromatic carbocycles. The second-order valence-electron chi connectivity index (χ2n) is 6.41. The van der Waals surface area contributed by atoms with Gasteiger partial charge in [-0.2, -0.15) is 13.2 Å². The van der Waals surface area contributed by atoms with E-state index in [4.69, 9.17) is 9.52 Å². The second kappa shape index (κ2) is 12.2. The molecule has 3 aromatic rings. The van der Waals surface area contributed by atoms with E-state index in [2.05, 4.69) is 15.5 Å². The highest BCUT2D eigenvalue weighted by molar-refractivity contribution is 5.76. The van der Waals surface area contributed by atoms with Gasteiger partial charge in [0.1, 0.15) is 5.60 Å². The van der Waals surface area contributed by atoms with E-state index in [9.17, 15) is 18.3 Å². The minimum Gasteiger partial charge on any atom is -0.417 e. The van der Waals surface area contributed by atoms with Crippen LogP contribution in [0.5, 0.6) is 0 Å². The summed E-state index contributed by atoms with van der Waals surface area (Å²) in [6.45, 7) is 9.20. The summed E-state index contributed by atoms with van der Waals surface area (Å²) in [5.41, 5.74) is -0.706. The van der Waals surface area contributed by atoms with Crippen molar-refractivity contribution >= 4 is 11.4 Å². The normalized spacial score (nSPS) is 12.6. The van der Waals surface area contributed by atoms with Gasteiger partial charge in [-0.05, 0) is 43.3 Å². The van der Waals surface area contributed by atoms with Crippen molar-refractivity contribution in [1.82, 2.24) is 10.2 Å². The molecule has 1 unspecified atom stereocenters. The van der Waals surface area contributed by atoms with E-state index < -0.39 is 17.3 Å². The molecule has 0 aliphatic carbocycles. The van der Waals surface area contributed by atoms with Crippen LogP contribution in [0.4, 0.5) is 24.5 Å². The Morgan fingerprint density at radius 1 is 0.938 bits per heavy atom. The number of rotatable bonds is 6. The van der Waals surface area contributed by atoms with Crippen molar-refractivity contribution in [2.24, 2.45) is 0 Å². The number of nitrogens with one attached hydrogen (secondary N) is 1.